The number of fused-ring (bicyclic) bond motifs is 5. The molecule has 93 heavy (non-hydrogen) atoms. The highest BCUT2D eigenvalue weighted by atomic mass is 32.2. The Hall–Kier alpha value is -9.68. The first kappa shape index (κ1) is 66.2. The molecule has 488 valence electrons. The lowest BCUT2D eigenvalue weighted by Crippen LogP contribution is -2.58. The quantitative estimate of drug-likeness (QED) is 0.0215. The van der Waals surface area contributed by atoms with Crippen molar-refractivity contribution in [1.29, 1.82) is 0 Å². The standard InChI is InChI=1S/C69H80N12O11S/c1-68(2)47-35-43(62(85)72-32-12-11-18-51-64(87)77-50(19-13-33-73-67(70)71)63(86)74-38-57(82)76-53(37-58(83)84)66(89)79-52(65(88)78-51)34-39-14-7-6-8-15-39)24-28-49(47)75-55(68)30-25-40-20-22-42-23-21-41(60-46-17-10-9-16-45(46)59(40)61(42)60)26-31-56-69(3,4)48-36-44(80-93(90,91)92)27-29-54(48)81(56)5/h6-10,14-17,24-31,35-36,42,50-53,80H,11-13,18-23,32-34,37-38H2,1-5H3,(H,72,85)(H,74,86)(H,76,82)(H,77,87)(H,78,88)(H,79,89)(H,83,84)(H4,70,71,73)(H,90,91,92)/b30-25+,41-26+,56-31+/t42?,50-,51-,52+,53-/m0/s1. The number of amides is 6. The molecule has 1 saturated heterocycles. The van der Waals surface area contributed by atoms with Crippen molar-refractivity contribution in [2.75, 3.05) is 36.3 Å². The third-order valence-corrected chi connectivity index (χ3v) is 18.8. The third-order valence-electron chi connectivity index (χ3n) is 18.3. The Balaban J connectivity index is 0.822. The van der Waals surface area contributed by atoms with Crippen molar-refractivity contribution in [2.45, 2.75) is 133 Å². The van der Waals surface area contributed by atoms with Crippen LogP contribution in [0.5, 0.6) is 0 Å². The van der Waals surface area contributed by atoms with Gasteiger partial charge in [-0.25, -0.2) is 0 Å². The number of likely N-dealkylation sites (N-methyl/N-ethyl adjacent to an activating group) is 1. The van der Waals surface area contributed by atoms with Gasteiger partial charge in [0.25, 0.3) is 5.91 Å². The zero-order valence-electron chi connectivity index (χ0n) is 52.7. The lowest BCUT2D eigenvalue weighted by molar-refractivity contribution is -0.141. The Morgan fingerprint density at radius 3 is 2.13 bits per heavy atom. The molecule has 5 atom stereocenters. The van der Waals surface area contributed by atoms with Crippen LogP contribution in [0.4, 0.5) is 17.1 Å². The predicted molar refractivity (Wildman–Crippen MR) is 356 cm³/mol. The van der Waals surface area contributed by atoms with Crippen molar-refractivity contribution in [3.63, 3.8) is 0 Å². The molecule has 3 aliphatic carbocycles. The summed E-state index contributed by atoms with van der Waals surface area (Å²) in [4.78, 5) is 106. The number of rotatable bonds is 19. The van der Waals surface area contributed by atoms with E-state index in [1.807, 2.05) is 25.2 Å². The van der Waals surface area contributed by atoms with Gasteiger partial charge in [-0.1, -0.05) is 94.4 Å². The van der Waals surface area contributed by atoms with Crippen LogP contribution in [-0.4, -0.2) is 122 Å². The van der Waals surface area contributed by atoms with E-state index >= 15 is 0 Å². The van der Waals surface area contributed by atoms with Crippen LogP contribution in [0.1, 0.15) is 130 Å². The highest BCUT2D eigenvalue weighted by Gasteiger charge is 2.42. The predicted octanol–water partition coefficient (Wildman–Crippen LogP) is 6.22. The van der Waals surface area contributed by atoms with Gasteiger partial charge < -0.3 is 53.4 Å². The summed E-state index contributed by atoms with van der Waals surface area (Å²) >= 11 is 0. The number of hydrogen-bond donors (Lipinski definition) is 11. The molecule has 10 rings (SSSR count). The molecular weight excluding hydrogens is 1200 g/mol. The van der Waals surface area contributed by atoms with Gasteiger partial charge in [0.2, 0.25) is 29.5 Å². The van der Waals surface area contributed by atoms with Crippen LogP contribution in [0.3, 0.4) is 0 Å². The summed E-state index contributed by atoms with van der Waals surface area (Å²) in [6.07, 6.45) is 12.7. The van der Waals surface area contributed by atoms with Crippen molar-refractivity contribution < 1.29 is 51.6 Å². The van der Waals surface area contributed by atoms with Gasteiger partial charge >= 0.3 is 16.3 Å². The van der Waals surface area contributed by atoms with Gasteiger partial charge in [-0.2, -0.15) is 8.42 Å². The maximum Gasteiger partial charge on any atom is 0.357 e. The summed E-state index contributed by atoms with van der Waals surface area (Å²) in [7, 11) is -2.43. The lowest BCUT2D eigenvalue weighted by atomic mass is 9.72. The second-order valence-corrected chi connectivity index (χ2v) is 26.6. The highest BCUT2D eigenvalue weighted by Crippen LogP contribution is 2.58. The first-order valence-electron chi connectivity index (χ1n) is 31.4. The summed E-state index contributed by atoms with van der Waals surface area (Å²) in [5, 5.41) is 25.5. The van der Waals surface area contributed by atoms with Crippen molar-refractivity contribution in [2.24, 2.45) is 27.4 Å². The molecule has 3 aliphatic heterocycles. The number of guanidine groups is 1. The number of carbonyl (C=O) groups excluding carboxylic acids is 6. The molecule has 13 N–H and O–H groups in total. The van der Waals surface area contributed by atoms with Gasteiger partial charge in [0.1, 0.15) is 24.2 Å². The highest BCUT2D eigenvalue weighted by molar-refractivity contribution is 7.87. The molecule has 1 unspecified atom stereocenters. The molecule has 0 bridgehead atoms. The van der Waals surface area contributed by atoms with Crippen LogP contribution in [0.2, 0.25) is 0 Å². The number of unbranched alkanes of at least 4 members (excludes halogenated alkanes) is 1. The monoisotopic (exact) mass is 1280 g/mol. The lowest BCUT2D eigenvalue weighted by Gasteiger charge is -2.32. The molecule has 0 saturated carbocycles. The molecule has 0 spiro atoms. The summed E-state index contributed by atoms with van der Waals surface area (Å²) < 4.78 is 35.1. The molecule has 24 heteroatoms. The SMILES string of the molecule is CN1/C(=C/C=C2\CCC3CCC(/C=C/C4=Nc5ccc(C(=O)NCCCC[C@@H]6NC(=O)[C@@H](Cc7ccccc7)NC(=O)[C@H](CC(=O)O)NC(=O)CNC(=O)[C@H](CCCN=C(N)N)NC6=O)cc5C4(C)C)=C4C3=C2c2ccccc24)C(C)(C)c2cc(NS(=O)(=O)O)ccc21. The number of benzene rings is 4. The molecule has 1 fully saturated rings. The van der Waals surface area contributed by atoms with Crippen LogP contribution in [0.25, 0.3) is 11.1 Å². The molecule has 4 aromatic rings. The number of allylic oxidation sites excluding steroid dienone is 10. The van der Waals surface area contributed by atoms with E-state index in [1.165, 1.54) is 39.0 Å². The van der Waals surface area contributed by atoms with Crippen LogP contribution in [0, 0.1) is 5.92 Å². The van der Waals surface area contributed by atoms with Gasteiger partial charge in [0.05, 0.1) is 30.1 Å². The van der Waals surface area contributed by atoms with Gasteiger partial charge in [-0.3, -0.25) is 52.8 Å². The van der Waals surface area contributed by atoms with Crippen molar-refractivity contribution in [3.8, 4) is 0 Å². The topological polar surface area (TPSA) is 358 Å². The fourth-order valence-corrected chi connectivity index (χ4v) is 14.0. The van der Waals surface area contributed by atoms with E-state index in [9.17, 15) is 51.6 Å². The smallest absolute Gasteiger partial charge is 0.357 e. The zero-order valence-corrected chi connectivity index (χ0v) is 53.5. The van der Waals surface area contributed by atoms with Gasteiger partial charge in [-0.15, -0.1) is 0 Å². The van der Waals surface area contributed by atoms with Crippen molar-refractivity contribution in [1.82, 2.24) is 31.9 Å². The Morgan fingerprint density at radius 2 is 1.41 bits per heavy atom. The largest absolute Gasteiger partial charge is 0.481 e. The second-order valence-electron chi connectivity index (χ2n) is 25.4. The Bertz CT molecular complexity index is 4030. The summed E-state index contributed by atoms with van der Waals surface area (Å²) in [5.41, 5.74) is 25.7. The molecule has 0 radical (unpaired) electrons. The van der Waals surface area contributed by atoms with Gasteiger partial charge in [-0.05, 0) is 168 Å². The fourth-order valence-electron chi connectivity index (χ4n) is 13.6. The molecule has 6 aliphatic rings. The number of carboxylic acid groups (broad SMARTS) is 1. The van der Waals surface area contributed by atoms with Gasteiger partial charge in [0, 0.05) is 54.3 Å². The minimum atomic E-state index is -4.44. The molecule has 3 heterocycles. The minimum Gasteiger partial charge on any atom is -0.481 e. The first-order valence-corrected chi connectivity index (χ1v) is 32.8. The molecule has 23 nitrogen and oxygen atoms in total. The summed E-state index contributed by atoms with van der Waals surface area (Å²) in [6, 6.07) is 22.7. The molecule has 0 aromatic heterocycles. The minimum absolute atomic E-state index is 0.0193. The van der Waals surface area contributed by atoms with Crippen molar-refractivity contribution >= 4 is 91.6 Å². The number of aliphatic carboxylic acids is 1. The average Bonchev–Trinajstić information content (AvgIpc) is 1.58. The van der Waals surface area contributed by atoms with Gasteiger partial charge in [0.15, 0.2) is 5.96 Å². The van der Waals surface area contributed by atoms with Crippen molar-refractivity contribution in [3.05, 3.63) is 171 Å². The normalized spacial score (nSPS) is 22.7. The Kier molecular flexibility index (Phi) is 19.7. The van der Waals surface area contributed by atoms with E-state index in [0.29, 0.717) is 35.6 Å². The molecule has 4 aromatic carbocycles. The number of nitrogens with one attached hydrogen (secondary N) is 7. The average molecular weight is 1290 g/mol. The van der Waals surface area contributed by atoms with Crippen LogP contribution in [-0.2, 0) is 56.3 Å². The number of carbonyl (C=O) groups is 7. The number of nitrogens with zero attached hydrogens (tertiary/aromatic N) is 3. The number of carboxylic acids is 1. The van der Waals surface area contributed by atoms with E-state index < -0.39 is 93.8 Å². The second kappa shape index (κ2) is 27.6. The Labute approximate surface area is 540 Å². The van der Waals surface area contributed by atoms with E-state index in [4.69, 9.17) is 16.5 Å². The van der Waals surface area contributed by atoms with E-state index in [-0.39, 0.29) is 50.6 Å². The zero-order chi connectivity index (χ0) is 66.5. The Morgan fingerprint density at radius 1 is 0.742 bits per heavy atom. The van der Waals surface area contributed by atoms with Crippen LogP contribution >= 0.6 is 0 Å². The summed E-state index contributed by atoms with van der Waals surface area (Å²) in [6.45, 7) is 8.08. The number of nitrogens with two attached hydrogens (primary N) is 2. The third kappa shape index (κ3) is 15.0. The molecule has 6 amide bonds. The van der Waals surface area contributed by atoms with Crippen LogP contribution in [0.15, 0.2) is 148 Å². The van der Waals surface area contributed by atoms with E-state index in [1.54, 1.807) is 48.5 Å². The number of anilines is 2. The first-order chi connectivity index (χ1) is 44.3. The summed E-state index contributed by atoms with van der Waals surface area (Å²) in [5.74, 6) is -5.63. The van der Waals surface area contributed by atoms with Crippen LogP contribution < -0.4 is 53.0 Å². The van der Waals surface area contributed by atoms with E-state index in [0.717, 1.165) is 59.6 Å². The fraction of sp³-hybridized carbons (Fsp3) is 0.377. The number of hydrogen-bond acceptors (Lipinski definition) is 12. The van der Waals surface area contributed by atoms with E-state index in [2.05, 4.69) is 123 Å². The maximum atomic E-state index is 14.3. The number of aliphatic imine (C=N–C) groups is 2. The molecular formula is C69H80N12O11S. The maximum absolute atomic E-state index is 14.3.